The molecule has 1 aliphatic rings. The fourth-order valence-corrected chi connectivity index (χ4v) is 1.82. The molecule has 3 nitrogen and oxygen atoms in total. The molecule has 1 rings (SSSR count). The maximum Gasteiger partial charge on any atom is 0.0650 e. The Kier molecular flexibility index (Phi) is 3.50. The quantitative estimate of drug-likeness (QED) is 0.628. The molecule has 0 spiro atoms. The highest BCUT2D eigenvalue weighted by Crippen LogP contribution is 2.43. The van der Waals surface area contributed by atoms with E-state index >= 15 is 0 Å². The van der Waals surface area contributed by atoms with E-state index in [-0.39, 0.29) is 25.2 Å². The van der Waals surface area contributed by atoms with Gasteiger partial charge in [-0.15, -0.1) is 0 Å². The van der Waals surface area contributed by atoms with Gasteiger partial charge in [0.1, 0.15) is 0 Å². The lowest BCUT2D eigenvalue weighted by molar-refractivity contribution is 0.0130. The van der Waals surface area contributed by atoms with Crippen LogP contribution in [0.1, 0.15) is 13.3 Å². The first kappa shape index (κ1) is 9.96. The summed E-state index contributed by atoms with van der Waals surface area (Å²) in [5.74, 6) is 1.04. The maximum absolute atomic E-state index is 8.93. The molecule has 3 heteroatoms. The van der Waals surface area contributed by atoms with Gasteiger partial charge in [-0.3, -0.25) is 0 Å². The van der Waals surface area contributed by atoms with Crippen molar-refractivity contribution in [3.63, 3.8) is 0 Å². The van der Waals surface area contributed by atoms with Crippen LogP contribution in [0.3, 0.4) is 0 Å². The molecule has 0 bridgehead atoms. The molecule has 0 aliphatic heterocycles. The number of aliphatic hydroxyl groups is 2. The Bertz CT molecular complexity index is 138. The van der Waals surface area contributed by atoms with Crippen molar-refractivity contribution in [2.45, 2.75) is 19.4 Å². The highest BCUT2D eigenvalue weighted by molar-refractivity contribution is 4.93. The first-order chi connectivity index (χ1) is 5.74. The van der Waals surface area contributed by atoms with Crippen LogP contribution in [0.5, 0.6) is 0 Å². The molecule has 0 aromatic carbocycles. The first-order valence-corrected chi connectivity index (χ1v) is 4.49. The summed E-state index contributed by atoms with van der Waals surface area (Å²) in [5, 5.41) is 17.8. The summed E-state index contributed by atoms with van der Waals surface area (Å²) < 4.78 is 5.29. The predicted molar refractivity (Wildman–Crippen MR) is 45.7 cm³/mol. The topological polar surface area (TPSA) is 49.7 Å². The number of hydrogen-bond acceptors (Lipinski definition) is 3. The van der Waals surface area contributed by atoms with Crippen LogP contribution in [0.4, 0.5) is 0 Å². The van der Waals surface area contributed by atoms with Crippen molar-refractivity contribution in [1.29, 1.82) is 0 Å². The minimum Gasteiger partial charge on any atom is -0.396 e. The third-order valence-corrected chi connectivity index (χ3v) is 2.75. The van der Waals surface area contributed by atoms with Gasteiger partial charge in [-0.2, -0.15) is 0 Å². The Morgan fingerprint density at radius 2 is 2.17 bits per heavy atom. The molecule has 72 valence electrons. The molecule has 1 aliphatic carbocycles. The van der Waals surface area contributed by atoms with Crippen LogP contribution in [0.2, 0.25) is 0 Å². The molecule has 1 fully saturated rings. The average molecular weight is 174 g/mol. The summed E-state index contributed by atoms with van der Waals surface area (Å²) >= 11 is 0. The molecule has 0 amide bonds. The second-order valence-corrected chi connectivity index (χ2v) is 3.70. The van der Waals surface area contributed by atoms with Gasteiger partial charge in [-0.25, -0.2) is 0 Å². The predicted octanol–water partition coefficient (Wildman–Crippen LogP) is 0.258. The Balaban J connectivity index is 2.36. The lowest BCUT2D eigenvalue weighted by atomic mass is 10.0. The van der Waals surface area contributed by atoms with Crippen molar-refractivity contribution in [3.05, 3.63) is 0 Å². The van der Waals surface area contributed by atoms with Gasteiger partial charge in [0, 0.05) is 26.2 Å². The molecule has 12 heavy (non-hydrogen) atoms. The molecule has 0 heterocycles. The number of rotatable bonds is 5. The van der Waals surface area contributed by atoms with E-state index in [0.717, 1.165) is 6.42 Å². The largest absolute Gasteiger partial charge is 0.396 e. The van der Waals surface area contributed by atoms with E-state index in [9.17, 15) is 0 Å². The number of hydrogen-bond donors (Lipinski definition) is 2. The standard InChI is InChI=1S/C9H18O3/c1-6(4-10)9(12-2)8-3-7(8)5-11/h6-11H,3-5H2,1-2H3/t6-,7-,8+,9-/m1/s1. The summed E-state index contributed by atoms with van der Waals surface area (Å²) in [5.41, 5.74) is 0. The molecule has 2 N–H and O–H groups in total. The molecule has 0 saturated heterocycles. The first-order valence-electron chi connectivity index (χ1n) is 4.49. The smallest absolute Gasteiger partial charge is 0.0650 e. The SMILES string of the molecule is CO[C@@H]([C@H]1C[C@@H]1CO)[C@H](C)CO. The van der Waals surface area contributed by atoms with Gasteiger partial charge >= 0.3 is 0 Å². The van der Waals surface area contributed by atoms with E-state index < -0.39 is 0 Å². The maximum atomic E-state index is 8.93. The van der Waals surface area contributed by atoms with Gasteiger partial charge in [-0.1, -0.05) is 6.92 Å². The second kappa shape index (κ2) is 4.21. The van der Waals surface area contributed by atoms with Crippen LogP contribution in [-0.4, -0.2) is 36.6 Å². The Morgan fingerprint density at radius 1 is 1.50 bits per heavy atom. The summed E-state index contributed by atoms with van der Waals surface area (Å²) in [6.45, 7) is 2.39. The van der Waals surface area contributed by atoms with Crippen molar-refractivity contribution in [1.82, 2.24) is 0 Å². The van der Waals surface area contributed by atoms with Gasteiger partial charge in [-0.05, 0) is 18.3 Å². The monoisotopic (exact) mass is 174 g/mol. The van der Waals surface area contributed by atoms with Crippen molar-refractivity contribution in [2.24, 2.45) is 17.8 Å². The average Bonchev–Trinajstić information content (AvgIpc) is 2.85. The second-order valence-electron chi connectivity index (χ2n) is 3.70. The van der Waals surface area contributed by atoms with Gasteiger partial charge in [0.2, 0.25) is 0 Å². The van der Waals surface area contributed by atoms with Gasteiger partial charge in [0.25, 0.3) is 0 Å². The van der Waals surface area contributed by atoms with Gasteiger partial charge in [0.05, 0.1) is 6.10 Å². The number of methoxy groups -OCH3 is 1. The molecular weight excluding hydrogens is 156 g/mol. The van der Waals surface area contributed by atoms with E-state index in [2.05, 4.69) is 0 Å². The summed E-state index contributed by atoms with van der Waals surface area (Å²) in [6, 6.07) is 0. The highest BCUT2D eigenvalue weighted by atomic mass is 16.5. The lowest BCUT2D eigenvalue weighted by Crippen LogP contribution is -2.26. The molecule has 0 aromatic heterocycles. The van der Waals surface area contributed by atoms with Gasteiger partial charge in [0.15, 0.2) is 0 Å². The Hall–Kier alpha value is -0.120. The fraction of sp³-hybridized carbons (Fsp3) is 1.00. The van der Waals surface area contributed by atoms with E-state index in [1.807, 2.05) is 6.92 Å². The molecule has 0 aromatic rings. The summed E-state index contributed by atoms with van der Waals surface area (Å²) in [7, 11) is 1.67. The summed E-state index contributed by atoms with van der Waals surface area (Å²) in [4.78, 5) is 0. The van der Waals surface area contributed by atoms with Crippen LogP contribution >= 0.6 is 0 Å². The van der Waals surface area contributed by atoms with Crippen LogP contribution in [0, 0.1) is 17.8 Å². The lowest BCUT2D eigenvalue weighted by Gasteiger charge is -2.20. The minimum atomic E-state index is 0.118. The zero-order chi connectivity index (χ0) is 9.14. The molecule has 0 radical (unpaired) electrons. The third kappa shape index (κ3) is 1.97. The van der Waals surface area contributed by atoms with E-state index in [4.69, 9.17) is 14.9 Å². The number of ether oxygens (including phenoxy) is 1. The van der Waals surface area contributed by atoms with Crippen LogP contribution in [-0.2, 0) is 4.74 Å². The molecule has 1 saturated carbocycles. The third-order valence-electron chi connectivity index (χ3n) is 2.75. The minimum absolute atomic E-state index is 0.118. The van der Waals surface area contributed by atoms with Crippen LogP contribution in [0.15, 0.2) is 0 Å². The van der Waals surface area contributed by atoms with E-state index in [1.54, 1.807) is 7.11 Å². The van der Waals surface area contributed by atoms with Crippen LogP contribution < -0.4 is 0 Å². The molecule has 4 atom stereocenters. The zero-order valence-corrected chi connectivity index (χ0v) is 7.73. The Morgan fingerprint density at radius 3 is 2.50 bits per heavy atom. The number of aliphatic hydroxyl groups excluding tert-OH is 2. The van der Waals surface area contributed by atoms with Crippen molar-refractivity contribution < 1.29 is 14.9 Å². The normalized spacial score (nSPS) is 33.0. The zero-order valence-electron chi connectivity index (χ0n) is 7.73. The van der Waals surface area contributed by atoms with Crippen LogP contribution in [0.25, 0.3) is 0 Å². The highest BCUT2D eigenvalue weighted by Gasteiger charge is 2.44. The summed E-state index contributed by atoms with van der Waals surface area (Å²) in [6.07, 6.45) is 1.16. The molecule has 0 unspecified atom stereocenters. The Labute approximate surface area is 73.4 Å². The van der Waals surface area contributed by atoms with Crippen molar-refractivity contribution >= 4 is 0 Å². The molecular formula is C9H18O3. The van der Waals surface area contributed by atoms with Gasteiger partial charge < -0.3 is 14.9 Å². The van der Waals surface area contributed by atoms with Crippen molar-refractivity contribution in [2.75, 3.05) is 20.3 Å². The van der Waals surface area contributed by atoms with E-state index in [1.165, 1.54) is 0 Å². The van der Waals surface area contributed by atoms with Crippen molar-refractivity contribution in [3.8, 4) is 0 Å². The fourth-order valence-electron chi connectivity index (χ4n) is 1.82. The van der Waals surface area contributed by atoms with E-state index in [0.29, 0.717) is 11.8 Å².